The first-order chi connectivity index (χ1) is 17.6. The number of fused-ring (bicyclic) bond motifs is 6. The summed E-state index contributed by atoms with van der Waals surface area (Å²) in [4.78, 5) is 31.9. The van der Waals surface area contributed by atoms with Gasteiger partial charge in [-0.1, -0.05) is 0 Å². The van der Waals surface area contributed by atoms with Crippen LogP contribution in [0.25, 0.3) is 43.6 Å². The SMILES string of the molecule is CCOC(=O)c1ccc2[nH]c3c(O[C@H]4CCNC4)c4[nH]c5ccc(C(=O)OCC)cc5c4cc3c2c1. The van der Waals surface area contributed by atoms with Crippen LogP contribution < -0.4 is 10.1 Å². The Balaban J connectivity index is 1.62. The number of aromatic nitrogens is 2. The molecule has 0 bridgehead atoms. The van der Waals surface area contributed by atoms with E-state index in [4.69, 9.17) is 14.2 Å². The van der Waals surface area contributed by atoms with Crippen LogP contribution in [0.2, 0.25) is 0 Å². The fourth-order valence-electron chi connectivity index (χ4n) is 5.05. The second kappa shape index (κ2) is 8.87. The molecular weight excluding hydrogens is 458 g/mol. The third kappa shape index (κ3) is 3.65. The number of carbonyl (C=O) groups excluding carboxylic acids is 2. The maximum atomic E-state index is 12.4. The highest BCUT2D eigenvalue weighted by Crippen LogP contribution is 2.42. The van der Waals surface area contributed by atoms with Gasteiger partial charge < -0.3 is 29.5 Å². The lowest BCUT2D eigenvalue weighted by molar-refractivity contribution is 0.0517. The van der Waals surface area contributed by atoms with Crippen LogP contribution >= 0.6 is 0 Å². The number of benzene rings is 3. The van der Waals surface area contributed by atoms with E-state index in [2.05, 4.69) is 21.4 Å². The molecule has 0 radical (unpaired) electrons. The molecule has 3 aromatic carbocycles. The van der Waals surface area contributed by atoms with Gasteiger partial charge in [-0.15, -0.1) is 0 Å². The van der Waals surface area contributed by atoms with Crippen LogP contribution in [0.15, 0.2) is 42.5 Å². The van der Waals surface area contributed by atoms with Gasteiger partial charge in [0, 0.05) is 39.1 Å². The number of carbonyl (C=O) groups is 2. The molecule has 6 rings (SSSR count). The normalized spacial score (nSPS) is 15.8. The second-order valence-corrected chi connectivity index (χ2v) is 9.00. The van der Waals surface area contributed by atoms with Crippen molar-refractivity contribution in [1.29, 1.82) is 0 Å². The van der Waals surface area contributed by atoms with Crippen molar-refractivity contribution < 1.29 is 23.8 Å². The highest BCUT2D eigenvalue weighted by Gasteiger charge is 2.23. The zero-order valence-electron chi connectivity index (χ0n) is 20.2. The summed E-state index contributed by atoms with van der Waals surface area (Å²) < 4.78 is 17.0. The van der Waals surface area contributed by atoms with Crippen LogP contribution in [0.4, 0.5) is 0 Å². The van der Waals surface area contributed by atoms with Crippen LogP contribution in [0, 0.1) is 0 Å². The van der Waals surface area contributed by atoms with E-state index in [9.17, 15) is 9.59 Å². The number of hydrogen-bond acceptors (Lipinski definition) is 6. The predicted octanol–water partition coefficient (Wildman–Crippen LogP) is 5.05. The quantitative estimate of drug-likeness (QED) is 0.291. The minimum atomic E-state index is -0.352. The van der Waals surface area contributed by atoms with E-state index in [0.717, 1.165) is 68.9 Å². The molecule has 1 saturated heterocycles. The van der Waals surface area contributed by atoms with Gasteiger partial charge in [0.2, 0.25) is 0 Å². The summed E-state index contributed by atoms with van der Waals surface area (Å²) in [6.07, 6.45) is 0.958. The van der Waals surface area contributed by atoms with Crippen LogP contribution in [0.3, 0.4) is 0 Å². The first-order valence-corrected chi connectivity index (χ1v) is 12.3. The summed E-state index contributed by atoms with van der Waals surface area (Å²) in [5.74, 6) is 0.0305. The van der Waals surface area contributed by atoms with Gasteiger partial charge in [-0.2, -0.15) is 0 Å². The molecule has 1 fully saturated rings. The number of rotatable bonds is 6. The number of nitrogens with one attached hydrogen (secondary N) is 3. The maximum absolute atomic E-state index is 12.4. The van der Waals surface area contributed by atoms with Gasteiger partial charge in [0.05, 0.1) is 35.4 Å². The Kier molecular flexibility index (Phi) is 5.53. The van der Waals surface area contributed by atoms with Crippen molar-refractivity contribution in [3.05, 3.63) is 53.6 Å². The molecule has 1 atom stereocenters. The Bertz CT molecular complexity index is 1530. The summed E-state index contributed by atoms with van der Waals surface area (Å²) in [5.41, 5.74) is 4.52. The van der Waals surface area contributed by atoms with Gasteiger partial charge in [-0.05, 0) is 69.3 Å². The van der Waals surface area contributed by atoms with Gasteiger partial charge in [0.1, 0.15) is 6.10 Å². The molecule has 0 unspecified atom stereocenters. The van der Waals surface area contributed by atoms with Gasteiger partial charge in [-0.25, -0.2) is 9.59 Å². The molecule has 8 nitrogen and oxygen atoms in total. The number of hydrogen-bond donors (Lipinski definition) is 3. The van der Waals surface area contributed by atoms with Crippen LogP contribution in [0.5, 0.6) is 5.75 Å². The Morgan fingerprint density at radius 3 is 1.83 bits per heavy atom. The van der Waals surface area contributed by atoms with Crippen LogP contribution in [-0.4, -0.2) is 54.3 Å². The van der Waals surface area contributed by atoms with Crippen molar-refractivity contribution in [2.45, 2.75) is 26.4 Å². The molecular formula is C28H27N3O5. The molecule has 8 heteroatoms. The lowest BCUT2D eigenvalue weighted by atomic mass is 10.0. The zero-order chi connectivity index (χ0) is 24.8. The van der Waals surface area contributed by atoms with Crippen molar-refractivity contribution in [2.24, 2.45) is 0 Å². The number of ether oxygens (including phenoxy) is 3. The lowest BCUT2D eigenvalue weighted by Gasteiger charge is -2.14. The predicted molar refractivity (Wildman–Crippen MR) is 139 cm³/mol. The molecule has 3 N–H and O–H groups in total. The fraction of sp³-hybridized carbons (Fsp3) is 0.286. The van der Waals surface area contributed by atoms with E-state index < -0.39 is 0 Å². The monoisotopic (exact) mass is 485 g/mol. The molecule has 5 aromatic rings. The van der Waals surface area contributed by atoms with Crippen molar-refractivity contribution in [1.82, 2.24) is 15.3 Å². The molecule has 0 saturated carbocycles. The van der Waals surface area contributed by atoms with Crippen molar-refractivity contribution >= 4 is 55.6 Å². The average molecular weight is 486 g/mol. The van der Waals surface area contributed by atoms with E-state index in [-0.39, 0.29) is 18.0 Å². The fourth-order valence-corrected chi connectivity index (χ4v) is 5.05. The van der Waals surface area contributed by atoms with Crippen LogP contribution in [0.1, 0.15) is 41.0 Å². The molecule has 1 aliphatic heterocycles. The van der Waals surface area contributed by atoms with Gasteiger partial charge in [0.15, 0.2) is 5.75 Å². The molecule has 0 spiro atoms. The Hall–Kier alpha value is -4.04. The Morgan fingerprint density at radius 2 is 1.36 bits per heavy atom. The summed E-state index contributed by atoms with van der Waals surface area (Å²) in [7, 11) is 0. The smallest absolute Gasteiger partial charge is 0.338 e. The summed E-state index contributed by atoms with van der Waals surface area (Å²) >= 11 is 0. The Labute approximate surface area is 206 Å². The van der Waals surface area contributed by atoms with Crippen molar-refractivity contribution in [3.63, 3.8) is 0 Å². The zero-order valence-corrected chi connectivity index (χ0v) is 20.2. The third-order valence-corrected chi connectivity index (χ3v) is 6.74. The van der Waals surface area contributed by atoms with Crippen molar-refractivity contribution in [2.75, 3.05) is 26.3 Å². The minimum Gasteiger partial charge on any atom is -0.485 e. The molecule has 36 heavy (non-hydrogen) atoms. The summed E-state index contributed by atoms with van der Waals surface area (Å²) in [5, 5.41) is 7.04. The molecule has 3 heterocycles. The van der Waals surface area contributed by atoms with Gasteiger partial charge >= 0.3 is 11.9 Å². The largest absolute Gasteiger partial charge is 0.485 e. The molecule has 184 valence electrons. The third-order valence-electron chi connectivity index (χ3n) is 6.74. The molecule has 0 aliphatic carbocycles. The average Bonchev–Trinajstić information content (AvgIpc) is 3.61. The molecule has 0 amide bonds. The maximum Gasteiger partial charge on any atom is 0.338 e. The second-order valence-electron chi connectivity index (χ2n) is 9.00. The van der Waals surface area contributed by atoms with E-state index in [0.29, 0.717) is 24.3 Å². The van der Waals surface area contributed by atoms with E-state index in [1.54, 1.807) is 26.0 Å². The highest BCUT2D eigenvalue weighted by atomic mass is 16.5. The number of esters is 2. The summed E-state index contributed by atoms with van der Waals surface area (Å²) in [6.45, 7) is 5.91. The van der Waals surface area contributed by atoms with E-state index in [1.165, 1.54) is 0 Å². The first kappa shape index (κ1) is 22.4. The first-order valence-electron chi connectivity index (χ1n) is 12.3. The topological polar surface area (TPSA) is 105 Å². The minimum absolute atomic E-state index is 0.0433. The van der Waals surface area contributed by atoms with Crippen molar-refractivity contribution in [3.8, 4) is 5.75 Å². The van der Waals surface area contributed by atoms with E-state index >= 15 is 0 Å². The standard InChI is InChI=1S/C28H27N3O5/c1-3-34-27(32)15-5-7-22-18(11-15)20-13-21-19-12-16(28(33)35-4-2)6-8-23(19)31-25(21)26(24(20)30-22)36-17-9-10-29-14-17/h5-8,11-13,17,29-31H,3-4,9-10,14H2,1-2H3/t17-/m0/s1. The molecule has 2 aromatic heterocycles. The number of H-pyrrole nitrogens is 2. The number of aromatic amines is 2. The highest BCUT2D eigenvalue weighted by molar-refractivity contribution is 6.21. The Morgan fingerprint density at radius 1 is 0.806 bits per heavy atom. The van der Waals surface area contributed by atoms with Gasteiger partial charge in [0.25, 0.3) is 0 Å². The van der Waals surface area contributed by atoms with Crippen LogP contribution in [-0.2, 0) is 9.47 Å². The van der Waals surface area contributed by atoms with E-state index in [1.807, 2.05) is 24.3 Å². The van der Waals surface area contributed by atoms with Gasteiger partial charge in [-0.3, -0.25) is 0 Å². The summed E-state index contributed by atoms with van der Waals surface area (Å²) in [6, 6.07) is 13.1. The molecule has 1 aliphatic rings. The lowest BCUT2D eigenvalue weighted by Crippen LogP contribution is -2.19.